The van der Waals surface area contributed by atoms with Crippen LogP contribution >= 0.6 is 11.6 Å². The molecule has 176 valence electrons. The fourth-order valence-corrected chi connectivity index (χ4v) is 4.48. The summed E-state index contributed by atoms with van der Waals surface area (Å²) in [5, 5.41) is 13.2. The summed E-state index contributed by atoms with van der Waals surface area (Å²) >= 11 is 5.88. The Kier molecular flexibility index (Phi) is 8.17. The lowest BCUT2D eigenvalue weighted by Gasteiger charge is -2.21. The van der Waals surface area contributed by atoms with Gasteiger partial charge in [-0.1, -0.05) is 53.6 Å². The van der Waals surface area contributed by atoms with Gasteiger partial charge in [0, 0.05) is 11.6 Å². The van der Waals surface area contributed by atoms with E-state index < -0.39 is 28.4 Å². The van der Waals surface area contributed by atoms with Crippen LogP contribution in [0.25, 0.3) is 0 Å². The van der Waals surface area contributed by atoms with Crippen molar-refractivity contribution in [3.63, 3.8) is 0 Å². The van der Waals surface area contributed by atoms with Crippen LogP contribution in [-0.4, -0.2) is 42.5 Å². The summed E-state index contributed by atoms with van der Waals surface area (Å²) in [5.41, 5.74) is 4.75. The highest BCUT2D eigenvalue weighted by Crippen LogP contribution is 2.20. The van der Waals surface area contributed by atoms with E-state index in [4.69, 9.17) is 16.7 Å². The van der Waals surface area contributed by atoms with Crippen molar-refractivity contribution in [1.82, 2.24) is 9.73 Å². The first kappa shape index (κ1) is 25.1. The summed E-state index contributed by atoms with van der Waals surface area (Å²) in [4.78, 5) is 23.5. The third-order valence-corrected chi connectivity index (χ3v) is 6.87. The zero-order valence-electron chi connectivity index (χ0n) is 18.2. The monoisotopic (exact) mass is 499 g/mol. The molecule has 1 amide bonds. The number of aryl methyl sites for hydroxylation is 1. The number of carboxylic acids is 1. The smallest absolute Gasteiger partial charge is 0.335 e. The molecule has 8 nitrogen and oxygen atoms in total. The van der Waals surface area contributed by atoms with Gasteiger partial charge in [-0.15, -0.1) is 0 Å². The van der Waals surface area contributed by atoms with Gasteiger partial charge in [-0.05, 0) is 54.4 Å². The van der Waals surface area contributed by atoms with Crippen LogP contribution in [0.15, 0.2) is 82.8 Å². The predicted octanol–water partition coefficient (Wildman–Crippen LogP) is 3.69. The average Bonchev–Trinajstić information content (AvgIpc) is 2.80. The lowest BCUT2D eigenvalue weighted by atomic mass is 10.1. The number of carboxylic acid groups (broad SMARTS) is 1. The topological polar surface area (TPSA) is 116 Å². The number of aromatic carboxylic acids is 1. The van der Waals surface area contributed by atoms with E-state index in [1.54, 1.807) is 12.1 Å². The van der Waals surface area contributed by atoms with E-state index in [0.29, 0.717) is 10.6 Å². The molecule has 0 heterocycles. The molecule has 34 heavy (non-hydrogen) atoms. The van der Waals surface area contributed by atoms with Crippen molar-refractivity contribution in [1.29, 1.82) is 0 Å². The van der Waals surface area contributed by atoms with E-state index >= 15 is 0 Å². The van der Waals surface area contributed by atoms with Crippen molar-refractivity contribution < 1.29 is 23.1 Å². The van der Waals surface area contributed by atoms with Crippen LogP contribution in [0.4, 0.5) is 0 Å². The number of rotatable bonds is 9. The molecule has 0 radical (unpaired) electrons. The first-order valence-electron chi connectivity index (χ1n) is 10.1. The Morgan fingerprint density at radius 1 is 1.00 bits per heavy atom. The maximum absolute atomic E-state index is 13.2. The number of hydrogen-bond acceptors (Lipinski definition) is 5. The lowest BCUT2D eigenvalue weighted by Crippen LogP contribution is -2.39. The highest BCUT2D eigenvalue weighted by molar-refractivity contribution is 7.89. The fraction of sp³-hybridized carbons (Fsp3) is 0.125. The molecule has 2 N–H and O–H groups in total. The largest absolute Gasteiger partial charge is 0.478 e. The summed E-state index contributed by atoms with van der Waals surface area (Å²) < 4.78 is 27.6. The van der Waals surface area contributed by atoms with Gasteiger partial charge in [0.05, 0.1) is 23.2 Å². The Hall–Kier alpha value is -3.53. The Morgan fingerprint density at radius 2 is 1.62 bits per heavy atom. The number of halogens is 1. The molecule has 0 atom stereocenters. The summed E-state index contributed by atoms with van der Waals surface area (Å²) in [5.74, 6) is -1.68. The van der Waals surface area contributed by atoms with E-state index in [9.17, 15) is 18.0 Å². The van der Waals surface area contributed by atoms with Gasteiger partial charge in [0.2, 0.25) is 10.0 Å². The summed E-state index contributed by atoms with van der Waals surface area (Å²) in [6.07, 6.45) is 1.33. The van der Waals surface area contributed by atoms with Crippen molar-refractivity contribution in [2.75, 3.05) is 6.54 Å². The quantitative estimate of drug-likeness (QED) is 0.344. The Morgan fingerprint density at radius 3 is 2.21 bits per heavy atom. The minimum absolute atomic E-state index is 0.0128. The Bertz CT molecular complexity index is 1290. The molecule has 3 aromatic rings. The standard InChI is InChI=1S/C24H22ClN3O5S/c1-17-2-4-19(5-3-17)15-28(34(32,33)22-12-10-21(25)11-13-22)16-23(29)27-26-14-18-6-8-20(9-7-18)24(30)31/h2-14H,15-16H2,1H3,(H,27,29)(H,30,31)/b26-14-. The minimum atomic E-state index is -4.00. The molecular weight excluding hydrogens is 478 g/mol. The second-order valence-electron chi connectivity index (χ2n) is 7.43. The van der Waals surface area contributed by atoms with Gasteiger partial charge >= 0.3 is 5.97 Å². The van der Waals surface area contributed by atoms with Gasteiger partial charge in [0.1, 0.15) is 0 Å². The van der Waals surface area contributed by atoms with Gasteiger partial charge in [-0.2, -0.15) is 9.41 Å². The number of carbonyl (C=O) groups is 2. The molecule has 0 fully saturated rings. The molecule has 0 aliphatic rings. The molecule has 0 saturated carbocycles. The summed E-state index contributed by atoms with van der Waals surface area (Å²) in [7, 11) is -4.00. The fourth-order valence-electron chi connectivity index (χ4n) is 2.96. The number of carbonyl (C=O) groups excluding carboxylic acids is 1. The van der Waals surface area contributed by atoms with Gasteiger partial charge < -0.3 is 5.11 Å². The summed E-state index contributed by atoms with van der Waals surface area (Å²) in [6.45, 7) is 1.44. The van der Waals surface area contributed by atoms with E-state index in [2.05, 4.69) is 10.5 Å². The van der Waals surface area contributed by atoms with Crippen molar-refractivity contribution in [2.24, 2.45) is 5.10 Å². The molecule has 0 unspecified atom stereocenters. The Labute approximate surface area is 202 Å². The molecular formula is C24H22ClN3O5S. The molecule has 0 aromatic heterocycles. The number of sulfonamides is 1. The zero-order valence-corrected chi connectivity index (χ0v) is 19.8. The maximum atomic E-state index is 13.2. The van der Waals surface area contributed by atoms with Crippen LogP contribution < -0.4 is 5.43 Å². The molecule has 0 saturated heterocycles. The molecule has 0 bridgehead atoms. The van der Waals surface area contributed by atoms with Crippen LogP contribution in [0.2, 0.25) is 5.02 Å². The van der Waals surface area contributed by atoms with E-state index in [0.717, 1.165) is 15.4 Å². The molecule has 0 aliphatic carbocycles. The molecule has 0 aliphatic heterocycles. The van der Waals surface area contributed by atoms with E-state index in [-0.39, 0.29) is 17.0 Å². The van der Waals surface area contributed by atoms with Gasteiger partial charge in [0.25, 0.3) is 5.91 Å². The number of hydrazone groups is 1. The summed E-state index contributed by atoms with van der Waals surface area (Å²) in [6, 6.07) is 18.9. The number of amides is 1. The maximum Gasteiger partial charge on any atom is 0.335 e. The minimum Gasteiger partial charge on any atom is -0.478 e. The van der Waals surface area contributed by atoms with Crippen molar-refractivity contribution in [2.45, 2.75) is 18.4 Å². The predicted molar refractivity (Wildman–Crippen MR) is 129 cm³/mol. The van der Waals surface area contributed by atoms with Gasteiger partial charge in [0.15, 0.2) is 0 Å². The van der Waals surface area contributed by atoms with Crippen molar-refractivity contribution in [3.05, 3.63) is 100 Å². The second kappa shape index (κ2) is 11.1. The molecule has 3 aromatic carbocycles. The van der Waals surface area contributed by atoms with E-state index in [1.165, 1.54) is 54.7 Å². The highest BCUT2D eigenvalue weighted by Gasteiger charge is 2.27. The lowest BCUT2D eigenvalue weighted by molar-refractivity contribution is -0.121. The van der Waals surface area contributed by atoms with Crippen LogP contribution in [0.5, 0.6) is 0 Å². The average molecular weight is 500 g/mol. The van der Waals surface area contributed by atoms with Gasteiger partial charge in [-0.25, -0.2) is 18.6 Å². The zero-order chi connectivity index (χ0) is 24.7. The molecule has 3 rings (SSSR count). The number of nitrogens with one attached hydrogen (secondary N) is 1. The first-order chi connectivity index (χ1) is 16.1. The van der Waals surface area contributed by atoms with Gasteiger partial charge in [-0.3, -0.25) is 4.79 Å². The Balaban J connectivity index is 1.75. The molecule has 0 spiro atoms. The van der Waals surface area contributed by atoms with E-state index in [1.807, 2.05) is 19.1 Å². The van der Waals surface area contributed by atoms with Crippen molar-refractivity contribution in [3.8, 4) is 0 Å². The van der Waals surface area contributed by atoms with Crippen LogP contribution in [-0.2, 0) is 21.4 Å². The number of hydrogen-bond donors (Lipinski definition) is 2. The second-order valence-corrected chi connectivity index (χ2v) is 9.81. The highest BCUT2D eigenvalue weighted by atomic mass is 35.5. The SMILES string of the molecule is Cc1ccc(CN(CC(=O)N/N=C\c2ccc(C(=O)O)cc2)S(=O)(=O)c2ccc(Cl)cc2)cc1. The third kappa shape index (κ3) is 6.74. The van der Waals surface area contributed by atoms with Crippen LogP contribution in [0, 0.1) is 6.92 Å². The first-order valence-corrected chi connectivity index (χ1v) is 11.9. The van der Waals surface area contributed by atoms with Crippen LogP contribution in [0.1, 0.15) is 27.0 Å². The normalized spacial score (nSPS) is 11.6. The third-order valence-electron chi connectivity index (χ3n) is 4.81. The number of nitrogens with zero attached hydrogens (tertiary/aromatic N) is 2. The van der Waals surface area contributed by atoms with Crippen molar-refractivity contribution >= 4 is 39.7 Å². The molecule has 10 heteroatoms. The van der Waals surface area contributed by atoms with Crippen LogP contribution in [0.3, 0.4) is 0 Å². The number of benzene rings is 3.